The van der Waals surface area contributed by atoms with Crippen LogP contribution in [0.25, 0.3) is 0 Å². The smallest absolute Gasteiger partial charge is 0.329 e. The van der Waals surface area contributed by atoms with E-state index in [1.54, 1.807) is 17.0 Å². The average Bonchev–Trinajstić information content (AvgIpc) is 3.21. The van der Waals surface area contributed by atoms with Gasteiger partial charge in [0.25, 0.3) is 0 Å². The molecule has 6 nitrogen and oxygen atoms in total. The van der Waals surface area contributed by atoms with Gasteiger partial charge in [0.15, 0.2) is 5.16 Å². The minimum atomic E-state index is -0.132. The van der Waals surface area contributed by atoms with Crippen molar-refractivity contribution in [3.05, 3.63) is 40.6 Å². The largest absolute Gasteiger partial charge is 0.344 e. The van der Waals surface area contributed by atoms with Gasteiger partial charge in [0.05, 0.1) is 5.25 Å². The quantitative estimate of drug-likeness (QED) is 0.799. The molecule has 7 heteroatoms. The molecule has 1 aliphatic rings. The maximum atomic E-state index is 11.7. The summed E-state index contributed by atoms with van der Waals surface area (Å²) in [5.41, 5.74) is 6.74. The molecule has 2 aromatic heterocycles. The molecule has 2 aromatic rings. The number of pyridine rings is 1. The Morgan fingerprint density at radius 1 is 1.58 bits per heavy atom. The molecular formula is C12H15N5OS. The summed E-state index contributed by atoms with van der Waals surface area (Å²) in [7, 11) is 0. The second-order valence-electron chi connectivity index (χ2n) is 4.54. The topological polar surface area (TPSA) is 89.6 Å². The van der Waals surface area contributed by atoms with Gasteiger partial charge in [0.1, 0.15) is 0 Å². The van der Waals surface area contributed by atoms with Crippen LogP contribution in [0.5, 0.6) is 0 Å². The third-order valence-corrected chi connectivity index (χ3v) is 4.35. The lowest BCUT2D eigenvalue weighted by Gasteiger charge is -2.13. The zero-order valence-electron chi connectivity index (χ0n) is 10.3. The number of nitrogens with zero attached hydrogens (tertiary/aromatic N) is 3. The van der Waals surface area contributed by atoms with E-state index < -0.39 is 0 Å². The zero-order chi connectivity index (χ0) is 13.2. The van der Waals surface area contributed by atoms with Crippen LogP contribution in [0.3, 0.4) is 0 Å². The van der Waals surface area contributed by atoms with E-state index in [0.717, 1.165) is 18.4 Å². The maximum absolute atomic E-state index is 11.7. The number of aromatic nitrogens is 4. The highest BCUT2D eigenvalue weighted by Crippen LogP contribution is 2.39. The first-order valence-corrected chi connectivity index (χ1v) is 7.11. The normalized spacial score (nSPS) is 16.5. The summed E-state index contributed by atoms with van der Waals surface area (Å²) in [6.07, 6.45) is 5.63. The zero-order valence-corrected chi connectivity index (χ0v) is 11.1. The predicted molar refractivity (Wildman–Crippen MR) is 73.0 cm³/mol. The van der Waals surface area contributed by atoms with Crippen LogP contribution < -0.4 is 11.4 Å². The van der Waals surface area contributed by atoms with Crippen molar-refractivity contribution in [1.82, 2.24) is 19.7 Å². The second kappa shape index (κ2) is 5.18. The Balaban J connectivity index is 1.85. The molecule has 0 aromatic carbocycles. The van der Waals surface area contributed by atoms with Crippen LogP contribution in [0.4, 0.5) is 0 Å². The Hall–Kier alpha value is -1.60. The van der Waals surface area contributed by atoms with Crippen molar-refractivity contribution in [3.8, 4) is 0 Å². The Labute approximate surface area is 114 Å². The molecule has 0 spiro atoms. The molecule has 3 rings (SSSR count). The fraction of sp³-hybridized carbons (Fsp3) is 0.417. The summed E-state index contributed by atoms with van der Waals surface area (Å²) in [5.74, 6) is 0. The van der Waals surface area contributed by atoms with Gasteiger partial charge in [-0.15, -0.1) is 5.10 Å². The van der Waals surface area contributed by atoms with Crippen LogP contribution in [-0.4, -0.2) is 26.3 Å². The number of thioether (sulfide) groups is 1. The molecule has 0 bridgehead atoms. The van der Waals surface area contributed by atoms with Crippen molar-refractivity contribution < 1.29 is 0 Å². The van der Waals surface area contributed by atoms with E-state index >= 15 is 0 Å². The molecule has 19 heavy (non-hydrogen) atoms. The van der Waals surface area contributed by atoms with Gasteiger partial charge in [-0.1, -0.05) is 17.8 Å². The first kappa shape index (κ1) is 12.4. The van der Waals surface area contributed by atoms with E-state index in [-0.39, 0.29) is 10.9 Å². The van der Waals surface area contributed by atoms with Crippen molar-refractivity contribution in [2.24, 2.45) is 5.73 Å². The summed E-state index contributed by atoms with van der Waals surface area (Å²) in [6, 6.07) is 4.18. The van der Waals surface area contributed by atoms with Crippen molar-refractivity contribution in [2.75, 3.05) is 6.54 Å². The van der Waals surface area contributed by atoms with Crippen molar-refractivity contribution >= 4 is 11.8 Å². The number of nitrogens with two attached hydrogens (primary N) is 1. The Morgan fingerprint density at radius 3 is 3.05 bits per heavy atom. The summed E-state index contributed by atoms with van der Waals surface area (Å²) in [6.45, 7) is 0.474. The number of hydrogen-bond donors (Lipinski definition) is 2. The van der Waals surface area contributed by atoms with E-state index in [1.807, 2.05) is 12.1 Å². The van der Waals surface area contributed by atoms with Crippen molar-refractivity contribution in [3.63, 3.8) is 0 Å². The van der Waals surface area contributed by atoms with Crippen LogP contribution in [0, 0.1) is 0 Å². The molecular weight excluding hydrogens is 262 g/mol. The molecule has 1 aliphatic carbocycles. The molecule has 1 fully saturated rings. The van der Waals surface area contributed by atoms with E-state index in [9.17, 15) is 4.79 Å². The van der Waals surface area contributed by atoms with Crippen LogP contribution in [0.2, 0.25) is 0 Å². The van der Waals surface area contributed by atoms with Gasteiger partial charge < -0.3 is 5.73 Å². The lowest BCUT2D eigenvalue weighted by molar-refractivity contribution is 0.640. The third kappa shape index (κ3) is 2.57. The molecule has 3 N–H and O–H groups in total. The number of aromatic amines is 1. The highest BCUT2D eigenvalue weighted by atomic mass is 32.2. The maximum Gasteiger partial charge on any atom is 0.344 e. The number of rotatable bonds is 5. The minimum Gasteiger partial charge on any atom is -0.329 e. The van der Waals surface area contributed by atoms with Gasteiger partial charge in [-0.3, -0.25) is 9.55 Å². The van der Waals surface area contributed by atoms with Gasteiger partial charge >= 0.3 is 5.69 Å². The third-order valence-electron chi connectivity index (χ3n) is 3.10. The SMILES string of the molecule is NCC(Sc1n[nH]c(=O)n1C1CC1)c1cccnc1. The molecule has 0 amide bonds. The fourth-order valence-corrected chi connectivity index (χ4v) is 3.04. The van der Waals surface area contributed by atoms with Gasteiger partial charge in [-0.05, 0) is 24.5 Å². The molecule has 1 unspecified atom stereocenters. The van der Waals surface area contributed by atoms with E-state index in [1.165, 1.54) is 11.8 Å². The molecule has 2 heterocycles. The van der Waals surface area contributed by atoms with Gasteiger partial charge in [0, 0.05) is 25.0 Å². The number of nitrogens with one attached hydrogen (secondary N) is 1. The molecule has 100 valence electrons. The van der Waals surface area contributed by atoms with Crippen molar-refractivity contribution in [2.45, 2.75) is 29.3 Å². The second-order valence-corrected chi connectivity index (χ2v) is 5.71. The standard InChI is InChI=1S/C12H15N5OS/c13-6-10(8-2-1-5-14-7-8)19-12-16-15-11(18)17(12)9-3-4-9/h1-2,5,7,9-10H,3-4,6,13H2,(H,15,18). The first-order valence-electron chi connectivity index (χ1n) is 6.23. The summed E-state index contributed by atoms with van der Waals surface area (Å²) in [5, 5.41) is 7.39. The van der Waals surface area contributed by atoms with Gasteiger partial charge in [0.2, 0.25) is 0 Å². The lowest BCUT2D eigenvalue weighted by atomic mass is 10.2. The first-order chi connectivity index (χ1) is 9.29. The summed E-state index contributed by atoms with van der Waals surface area (Å²) >= 11 is 1.51. The number of hydrogen-bond acceptors (Lipinski definition) is 5. The van der Waals surface area contributed by atoms with Crippen LogP contribution >= 0.6 is 11.8 Å². The monoisotopic (exact) mass is 277 g/mol. The molecule has 0 radical (unpaired) electrons. The molecule has 0 aliphatic heterocycles. The van der Waals surface area contributed by atoms with Gasteiger partial charge in [-0.2, -0.15) is 0 Å². The predicted octanol–water partition coefficient (Wildman–Crippen LogP) is 1.09. The summed E-state index contributed by atoms with van der Waals surface area (Å²) < 4.78 is 1.74. The molecule has 1 atom stereocenters. The Kier molecular flexibility index (Phi) is 3.39. The minimum absolute atomic E-state index is 0.0569. The average molecular weight is 277 g/mol. The van der Waals surface area contributed by atoms with Crippen molar-refractivity contribution in [1.29, 1.82) is 0 Å². The summed E-state index contributed by atoms with van der Waals surface area (Å²) in [4.78, 5) is 15.8. The van der Waals surface area contributed by atoms with Crippen LogP contribution in [-0.2, 0) is 0 Å². The molecule has 1 saturated carbocycles. The van der Waals surface area contributed by atoms with E-state index in [0.29, 0.717) is 17.7 Å². The van der Waals surface area contributed by atoms with Crippen LogP contribution in [0.15, 0.2) is 34.5 Å². The highest BCUT2D eigenvalue weighted by Gasteiger charge is 2.29. The Bertz CT molecular complexity index is 604. The number of H-pyrrole nitrogens is 1. The Morgan fingerprint density at radius 2 is 2.42 bits per heavy atom. The van der Waals surface area contributed by atoms with Gasteiger partial charge in [-0.25, -0.2) is 9.89 Å². The van der Waals surface area contributed by atoms with E-state index in [4.69, 9.17) is 5.73 Å². The van der Waals surface area contributed by atoms with Crippen LogP contribution in [0.1, 0.15) is 29.7 Å². The molecule has 0 saturated heterocycles. The lowest BCUT2D eigenvalue weighted by Crippen LogP contribution is -2.17. The van der Waals surface area contributed by atoms with E-state index in [2.05, 4.69) is 15.2 Å². The highest BCUT2D eigenvalue weighted by molar-refractivity contribution is 7.99. The fourth-order valence-electron chi connectivity index (χ4n) is 1.97.